The summed E-state index contributed by atoms with van der Waals surface area (Å²) in [7, 11) is 1.32. The van der Waals surface area contributed by atoms with Crippen LogP contribution in [-0.2, 0) is 19.1 Å². The molecular formula is C24H23ClN2O5S. The van der Waals surface area contributed by atoms with Gasteiger partial charge in [0.2, 0.25) is 0 Å². The summed E-state index contributed by atoms with van der Waals surface area (Å²) >= 11 is 7.78. The molecule has 33 heavy (non-hydrogen) atoms. The number of ether oxygens (including phenoxy) is 2. The van der Waals surface area contributed by atoms with Gasteiger partial charge >= 0.3 is 5.97 Å². The molecule has 1 fully saturated rings. The van der Waals surface area contributed by atoms with E-state index in [9.17, 15) is 14.4 Å². The smallest absolute Gasteiger partial charge is 0.337 e. The predicted octanol–water partition coefficient (Wildman–Crippen LogP) is 4.26. The molecule has 7 nitrogen and oxygen atoms in total. The fraction of sp³-hybridized carbons (Fsp3) is 0.417. The van der Waals surface area contributed by atoms with Crippen molar-refractivity contribution >= 4 is 45.7 Å². The van der Waals surface area contributed by atoms with Gasteiger partial charge in [-0.15, -0.1) is 22.9 Å². The van der Waals surface area contributed by atoms with Crippen LogP contribution in [-0.4, -0.2) is 41.2 Å². The lowest BCUT2D eigenvalue weighted by atomic mass is 9.77. The summed E-state index contributed by atoms with van der Waals surface area (Å²) in [5.41, 5.74) is 2.26. The number of methoxy groups -OCH3 is 1. The van der Waals surface area contributed by atoms with E-state index in [-0.39, 0.29) is 34.8 Å². The number of halogens is 1. The summed E-state index contributed by atoms with van der Waals surface area (Å²) in [6.45, 7) is 3.83. The first kappa shape index (κ1) is 22.1. The second kappa shape index (κ2) is 8.25. The van der Waals surface area contributed by atoms with E-state index in [1.807, 2.05) is 13.8 Å². The lowest BCUT2D eigenvalue weighted by Crippen LogP contribution is -2.41. The lowest BCUT2D eigenvalue weighted by molar-refractivity contribution is -0.131. The van der Waals surface area contributed by atoms with Crippen LogP contribution >= 0.6 is 22.9 Å². The fourth-order valence-electron chi connectivity index (χ4n) is 4.81. The molecule has 1 aromatic carbocycles. The zero-order chi connectivity index (χ0) is 23.4. The molecule has 3 aliphatic rings. The number of benzene rings is 1. The van der Waals surface area contributed by atoms with Crippen LogP contribution in [0.15, 0.2) is 35.6 Å². The van der Waals surface area contributed by atoms with Crippen molar-refractivity contribution in [2.75, 3.05) is 12.0 Å². The Bertz CT molecular complexity index is 1170. The van der Waals surface area contributed by atoms with Crippen molar-refractivity contribution in [3.63, 3.8) is 0 Å². The number of thiazole rings is 1. The number of aromatic nitrogens is 1. The summed E-state index contributed by atoms with van der Waals surface area (Å²) in [6, 6.07) is 6.06. The number of anilines is 1. The number of rotatable bonds is 3. The molecule has 0 bridgehead atoms. The van der Waals surface area contributed by atoms with Crippen LogP contribution < -0.4 is 4.90 Å². The molecule has 2 aromatic rings. The summed E-state index contributed by atoms with van der Waals surface area (Å²) in [5.74, 6) is -1.16. The molecular weight excluding hydrogens is 464 g/mol. The fourth-order valence-corrected chi connectivity index (χ4v) is 6.06. The minimum absolute atomic E-state index is 0.0868. The van der Waals surface area contributed by atoms with Crippen LogP contribution in [0.5, 0.6) is 0 Å². The highest BCUT2D eigenvalue weighted by Crippen LogP contribution is 2.49. The van der Waals surface area contributed by atoms with Gasteiger partial charge in [-0.3, -0.25) is 14.5 Å². The van der Waals surface area contributed by atoms with E-state index >= 15 is 0 Å². The van der Waals surface area contributed by atoms with Gasteiger partial charge in [-0.2, -0.15) is 0 Å². The average Bonchev–Trinajstić information content (AvgIpc) is 3.29. The van der Waals surface area contributed by atoms with Crippen molar-refractivity contribution in [3.05, 3.63) is 57.3 Å². The van der Waals surface area contributed by atoms with Gasteiger partial charge in [0.05, 0.1) is 35.9 Å². The van der Waals surface area contributed by atoms with Crippen molar-refractivity contribution in [1.29, 1.82) is 0 Å². The molecule has 0 saturated heterocycles. The summed E-state index contributed by atoms with van der Waals surface area (Å²) in [5, 5.41) is 0.428. The normalized spacial score (nSPS) is 26.7. The second-order valence-corrected chi connectivity index (χ2v) is 10.4. The Morgan fingerprint density at radius 1 is 1.21 bits per heavy atom. The third-order valence-electron chi connectivity index (χ3n) is 6.65. The molecule has 172 valence electrons. The van der Waals surface area contributed by atoms with E-state index in [4.69, 9.17) is 21.1 Å². The molecule has 1 aliphatic carbocycles. The monoisotopic (exact) mass is 486 g/mol. The molecule has 0 spiro atoms. The molecule has 4 unspecified atom stereocenters. The van der Waals surface area contributed by atoms with Gasteiger partial charge in [0.25, 0.3) is 5.91 Å². The van der Waals surface area contributed by atoms with Crippen molar-refractivity contribution in [2.45, 2.75) is 50.6 Å². The van der Waals surface area contributed by atoms with E-state index in [1.165, 1.54) is 18.4 Å². The SMILES string of the molecule is COC(=O)c1ccc(C2C3=C(OC4CCC(Cl)CC4C3=O)C(=O)N2c2nc(C)c(C)s2)cc1. The first-order valence-corrected chi connectivity index (χ1v) is 12.1. The number of fused-ring (bicyclic) bond motifs is 1. The summed E-state index contributed by atoms with van der Waals surface area (Å²) < 4.78 is 11.0. The number of hydrogen-bond donors (Lipinski definition) is 0. The van der Waals surface area contributed by atoms with E-state index in [1.54, 1.807) is 29.2 Å². The van der Waals surface area contributed by atoms with E-state index in [0.717, 1.165) is 17.0 Å². The maximum absolute atomic E-state index is 13.7. The molecule has 1 aromatic heterocycles. The number of aryl methyl sites for hydroxylation is 2. The van der Waals surface area contributed by atoms with Gasteiger partial charge in [-0.05, 0) is 50.8 Å². The largest absolute Gasteiger partial charge is 0.483 e. The molecule has 0 N–H and O–H groups in total. The van der Waals surface area contributed by atoms with Gasteiger partial charge in [-0.25, -0.2) is 9.78 Å². The number of nitrogens with zero attached hydrogens (tertiary/aromatic N) is 2. The highest BCUT2D eigenvalue weighted by Gasteiger charge is 2.53. The number of carbonyl (C=O) groups excluding carboxylic acids is 3. The number of amides is 1. The van der Waals surface area contributed by atoms with Crippen molar-refractivity contribution in [3.8, 4) is 0 Å². The Labute approximate surface area is 200 Å². The zero-order valence-corrected chi connectivity index (χ0v) is 20.0. The molecule has 2 aliphatic heterocycles. The van der Waals surface area contributed by atoms with E-state index < -0.39 is 12.0 Å². The molecule has 3 heterocycles. The van der Waals surface area contributed by atoms with Crippen molar-refractivity contribution in [2.24, 2.45) is 5.92 Å². The highest BCUT2D eigenvalue weighted by atomic mass is 35.5. The average molecular weight is 487 g/mol. The summed E-state index contributed by atoms with van der Waals surface area (Å²) in [4.78, 5) is 46.4. The van der Waals surface area contributed by atoms with Crippen LogP contribution in [0.2, 0.25) is 0 Å². The molecule has 9 heteroatoms. The predicted molar refractivity (Wildman–Crippen MR) is 123 cm³/mol. The molecule has 1 amide bonds. The Morgan fingerprint density at radius 2 is 1.94 bits per heavy atom. The molecule has 4 atom stereocenters. The quantitative estimate of drug-likeness (QED) is 0.476. The second-order valence-electron chi connectivity index (χ2n) is 8.61. The highest BCUT2D eigenvalue weighted by molar-refractivity contribution is 7.15. The van der Waals surface area contributed by atoms with Crippen molar-refractivity contribution in [1.82, 2.24) is 4.98 Å². The first-order chi connectivity index (χ1) is 15.8. The van der Waals surface area contributed by atoms with E-state index in [2.05, 4.69) is 4.98 Å². The van der Waals surface area contributed by atoms with Gasteiger partial charge < -0.3 is 9.47 Å². The Kier molecular flexibility index (Phi) is 5.53. The van der Waals surface area contributed by atoms with Crippen molar-refractivity contribution < 1.29 is 23.9 Å². The Morgan fingerprint density at radius 3 is 2.58 bits per heavy atom. The number of Topliss-reactive ketones (excluding diaryl/α,β-unsaturated/α-hetero) is 1. The summed E-state index contributed by atoms with van der Waals surface area (Å²) in [6.07, 6.45) is 1.58. The first-order valence-electron chi connectivity index (χ1n) is 10.8. The van der Waals surface area contributed by atoms with Crippen LogP contribution in [0.1, 0.15) is 51.8 Å². The standard InChI is InChI=1S/C24H23ClN2O5S/c1-11-12(2)33-24(26-11)27-19(13-4-6-14(7-5-13)23(30)31-3)18-20(28)16-10-15(25)8-9-17(16)32-21(18)22(27)29/h4-7,15-17,19H,8-10H2,1-3H3. The van der Waals surface area contributed by atoms with Gasteiger partial charge in [0.1, 0.15) is 6.10 Å². The third kappa shape index (κ3) is 3.56. The zero-order valence-electron chi connectivity index (χ0n) is 18.5. The Hall–Kier alpha value is -2.71. The third-order valence-corrected chi connectivity index (χ3v) is 8.12. The lowest BCUT2D eigenvalue weighted by Gasteiger charge is -2.37. The Balaban J connectivity index is 1.62. The van der Waals surface area contributed by atoms with Gasteiger partial charge in [0.15, 0.2) is 16.7 Å². The molecule has 5 rings (SSSR count). The number of esters is 1. The molecule has 1 saturated carbocycles. The van der Waals surface area contributed by atoms with Crippen LogP contribution in [0.4, 0.5) is 5.13 Å². The van der Waals surface area contributed by atoms with Gasteiger partial charge in [0, 0.05) is 10.3 Å². The minimum atomic E-state index is -0.687. The van der Waals surface area contributed by atoms with E-state index in [0.29, 0.717) is 34.7 Å². The van der Waals surface area contributed by atoms with Crippen LogP contribution in [0.25, 0.3) is 0 Å². The topological polar surface area (TPSA) is 85.8 Å². The van der Waals surface area contributed by atoms with Crippen LogP contribution in [0.3, 0.4) is 0 Å². The number of hydrogen-bond acceptors (Lipinski definition) is 7. The minimum Gasteiger partial charge on any atom is -0.483 e. The number of ketones is 1. The molecule has 0 radical (unpaired) electrons. The van der Waals surface area contributed by atoms with Crippen LogP contribution in [0, 0.1) is 19.8 Å². The maximum atomic E-state index is 13.7. The maximum Gasteiger partial charge on any atom is 0.337 e. The number of carbonyl (C=O) groups is 3. The number of alkyl halides is 1. The van der Waals surface area contributed by atoms with Gasteiger partial charge in [-0.1, -0.05) is 12.1 Å².